The lowest BCUT2D eigenvalue weighted by Crippen LogP contribution is -2.29. The fraction of sp³-hybridized carbons (Fsp3) is 0.957. The molecule has 0 aromatic rings. The summed E-state index contributed by atoms with van der Waals surface area (Å²) in [5.41, 5.74) is 1.25. The maximum absolute atomic E-state index is 8.81. The van der Waals surface area contributed by atoms with Gasteiger partial charge in [0.05, 0.1) is 0 Å². The molecule has 0 heterocycles. The van der Waals surface area contributed by atoms with Crippen LogP contribution in [0.4, 0.5) is 0 Å². The van der Waals surface area contributed by atoms with Crippen molar-refractivity contribution in [2.24, 2.45) is 22.2 Å². The molecule has 0 aromatic carbocycles. The molecule has 0 rings (SSSR count). The van der Waals surface area contributed by atoms with Gasteiger partial charge in [0.25, 0.3) is 0 Å². The topological polar surface area (TPSA) is 17.1 Å². The lowest BCUT2D eigenvalue weighted by atomic mass is 9.75. The first-order valence-electron chi connectivity index (χ1n) is 10.2. The molecular weight excluding hydrogens is 356 g/mol. The van der Waals surface area contributed by atoms with Gasteiger partial charge in [-0.05, 0) is 55.8 Å². The molecule has 1 nitrogen and oxygen atoms in total. The number of hydrogen-bond donors (Lipinski definition) is 0. The summed E-state index contributed by atoms with van der Waals surface area (Å²) in [6, 6.07) is 0. The van der Waals surface area contributed by atoms with Gasteiger partial charge in [0, 0.05) is 10.5 Å². The van der Waals surface area contributed by atoms with Gasteiger partial charge in [-0.2, -0.15) is 0 Å². The van der Waals surface area contributed by atoms with Crippen molar-refractivity contribution < 1.29 is 4.79 Å². The second-order valence-electron chi connectivity index (χ2n) is 10.6. The van der Waals surface area contributed by atoms with Crippen molar-refractivity contribution >= 4 is 27.9 Å². The summed E-state index contributed by atoms with van der Waals surface area (Å²) in [5, 5.41) is 0. The van der Waals surface area contributed by atoms with Gasteiger partial charge in [0.15, 0.2) is 0 Å². The lowest BCUT2D eigenvalue weighted by Gasteiger charge is -2.38. The zero-order valence-electron chi connectivity index (χ0n) is 20.5. The molecule has 26 heavy (non-hydrogen) atoms. The average Bonchev–Trinajstić information content (AvgIpc) is 2.36. The van der Waals surface area contributed by atoms with E-state index in [4.69, 9.17) is 4.79 Å². The molecular formula is C23H50OS2. The molecule has 0 aliphatic rings. The van der Waals surface area contributed by atoms with E-state index in [-0.39, 0.29) is 0 Å². The third kappa shape index (κ3) is 19.1. The number of carbonyl (C=O) groups is 1. The van der Waals surface area contributed by atoms with E-state index in [2.05, 4.69) is 97.7 Å². The Hall–Kier alpha value is 0.370. The van der Waals surface area contributed by atoms with Gasteiger partial charge in [0.1, 0.15) is 6.29 Å². The van der Waals surface area contributed by atoms with Crippen LogP contribution in [0.3, 0.4) is 0 Å². The van der Waals surface area contributed by atoms with E-state index in [1.165, 1.54) is 25.5 Å². The highest BCUT2D eigenvalue weighted by Gasteiger charge is 2.33. The molecule has 0 aliphatic heterocycles. The van der Waals surface area contributed by atoms with E-state index < -0.39 is 0 Å². The van der Waals surface area contributed by atoms with E-state index in [0.29, 0.717) is 21.0 Å². The van der Waals surface area contributed by atoms with Crippen LogP contribution < -0.4 is 0 Å². The van der Waals surface area contributed by atoms with E-state index in [1.807, 2.05) is 13.8 Å². The Labute approximate surface area is 175 Å². The van der Waals surface area contributed by atoms with E-state index in [9.17, 15) is 0 Å². The lowest BCUT2D eigenvalue weighted by molar-refractivity contribution is -0.106. The van der Waals surface area contributed by atoms with Crippen molar-refractivity contribution in [2.75, 3.05) is 5.75 Å². The molecule has 0 amide bonds. The molecule has 0 N–H and O–H groups in total. The molecule has 0 saturated heterocycles. The van der Waals surface area contributed by atoms with Crippen LogP contribution in [-0.2, 0) is 4.79 Å². The van der Waals surface area contributed by atoms with Crippen molar-refractivity contribution in [3.05, 3.63) is 0 Å². The van der Waals surface area contributed by atoms with Crippen molar-refractivity contribution in [1.29, 1.82) is 0 Å². The molecule has 0 spiro atoms. The first-order chi connectivity index (χ1) is 11.5. The molecule has 0 bridgehead atoms. The van der Waals surface area contributed by atoms with Crippen LogP contribution in [0.5, 0.6) is 0 Å². The SMILES string of the molecule is CC.CC(C)C(C)(C)CC(C)(C)SSCC(C)(C)CC(C)(C)C.CC=O. The highest BCUT2D eigenvalue weighted by molar-refractivity contribution is 8.77. The molecule has 3 heteroatoms. The van der Waals surface area contributed by atoms with Crippen LogP contribution in [0.15, 0.2) is 0 Å². The van der Waals surface area contributed by atoms with Gasteiger partial charge >= 0.3 is 0 Å². The summed E-state index contributed by atoms with van der Waals surface area (Å²) < 4.78 is 0.344. The van der Waals surface area contributed by atoms with E-state index in [1.54, 1.807) is 0 Å². The van der Waals surface area contributed by atoms with Gasteiger partial charge in [-0.1, -0.05) is 97.7 Å². The molecule has 0 saturated carbocycles. The predicted octanol–water partition coefficient (Wildman–Crippen LogP) is 8.91. The van der Waals surface area contributed by atoms with Gasteiger partial charge in [0.2, 0.25) is 0 Å². The zero-order chi connectivity index (χ0) is 21.8. The summed E-state index contributed by atoms with van der Waals surface area (Å²) in [7, 11) is 4.17. The molecule has 0 unspecified atom stereocenters. The van der Waals surface area contributed by atoms with Crippen LogP contribution in [0.25, 0.3) is 0 Å². The smallest absolute Gasteiger partial charge is 0.116 e. The fourth-order valence-corrected chi connectivity index (χ4v) is 6.66. The maximum atomic E-state index is 8.81. The summed E-state index contributed by atoms with van der Waals surface area (Å²) >= 11 is 0. The second-order valence-corrected chi connectivity index (χ2v) is 13.6. The Morgan fingerprint density at radius 1 is 0.846 bits per heavy atom. The minimum Gasteiger partial charge on any atom is -0.304 e. The first-order valence-corrected chi connectivity index (χ1v) is 12.5. The van der Waals surface area contributed by atoms with Crippen LogP contribution in [0.2, 0.25) is 0 Å². The maximum Gasteiger partial charge on any atom is 0.116 e. The summed E-state index contributed by atoms with van der Waals surface area (Å²) in [6.45, 7) is 31.7. The highest BCUT2D eigenvalue weighted by atomic mass is 33.1. The van der Waals surface area contributed by atoms with Crippen LogP contribution in [0, 0.1) is 22.2 Å². The third-order valence-corrected chi connectivity index (χ3v) is 7.86. The molecule has 0 fully saturated rings. The Balaban J connectivity index is -0.000000950. The Kier molecular flexibility index (Phi) is 16.2. The van der Waals surface area contributed by atoms with Gasteiger partial charge in [-0.3, -0.25) is 0 Å². The summed E-state index contributed by atoms with van der Waals surface area (Å²) in [5.74, 6) is 1.97. The van der Waals surface area contributed by atoms with E-state index >= 15 is 0 Å². The normalized spacial score (nSPS) is 12.7. The Morgan fingerprint density at radius 3 is 1.54 bits per heavy atom. The van der Waals surface area contributed by atoms with Crippen molar-refractivity contribution in [3.8, 4) is 0 Å². The second kappa shape index (κ2) is 13.5. The number of aldehydes is 1. The first kappa shape index (κ1) is 31.1. The number of hydrogen-bond acceptors (Lipinski definition) is 3. The average molecular weight is 407 g/mol. The minimum absolute atomic E-state index is 0.344. The monoisotopic (exact) mass is 406 g/mol. The van der Waals surface area contributed by atoms with Crippen molar-refractivity contribution in [1.82, 2.24) is 0 Å². The van der Waals surface area contributed by atoms with Gasteiger partial charge < -0.3 is 4.79 Å². The standard InChI is InChI=1S/C19H40S2.C2H4O.C2H6/c1-15(2)18(8,9)13-19(10,11)21-20-14-17(6,7)12-16(3,4)5;1-2-3;1-2/h15H,12-14H2,1-11H3;2H,1H3;1-2H3. The predicted molar refractivity (Wildman–Crippen MR) is 128 cm³/mol. The van der Waals surface area contributed by atoms with Crippen molar-refractivity contribution in [2.45, 2.75) is 115 Å². The van der Waals surface area contributed by atoms with E-state index in [0.717, 1.165) is 12.2 Å². The molecule has 0 aromatic heterocycles. The Morgan fingerprint density at radius 2 is 1.23 bits per heavy atom. The number of carbonyl (C=O) groups excluding carboxylic acids is 1. The molecule has 0 radical (unpaired) electrons. The quantitative estimate of drug-likeness (QED) is 0.296. The van der Waals surface area contributed by atoms with Crippen LogP contribution in [0.1, 0.15) is 110 Å². The zero-order valence-corrected chi connectivity index (χ0v) is 22.1. The van der Waals surface area contributed by atoms with Gasteiger partial charge in [-0.15, -0.1) is 0 Å². The minimum atomic E-state index is 0.344. The molecule has 0 aliphatic carbocycles. The third-order valence-electron chi connectivity index (χ3n) is 4.19. The van der Waals surface area contributed by atoms with Crippen LogP contribution >= 0.6 is 21.6 Å². The number of rotatable bonds is 8. The summed E-state index contributed by atoms with van der Waals surface area (Å²) in [6.07, 6.45) is 3.31. The van der Waals surface area contributed by atoms with Crippen LogP contribution in [-0.4, -0.2) is 16.8 Å². The van der Waals surface area contributed by atoms with Gasteiger partial charge in [-0.25, -0.2) is 0 Å². The Bertz CT molecular complexity index is 350. The fourth-order valence-electron chi connectivity index (χ4n) is 3.17. The summed E-state index contributed by atoms with van der Waals surface area (Å²) in [4.78, 5) is 8.81. The molecule has 0 atom stereocenters. The largest absolute Gasteiger partial charge is 0.304 e. The molecule has 160 valence electrons. The van der Waals surface area contributed by atoms with Crippen molar-refractivity contribution in [3.63, 3.8) is 0 Å². The highest BCUT2D eigenvalue weighted by Crippen LogP contribution is 2.48.